The number of nitrogens with one attached hydrogen (secondary N) is 1. The number of rotatable bonds is 5. The van der Waals surface area contributed by atoms with Gasteiger partial charge in [0.2, 0.25) is 10.0 Å². The molecule has 2 rings (SSSR count). The molecule has 0 aliphatic heterocycles. The smallest absolute Gasteiger partial charge is 0.243 e. The second-order valence-corrected chi connectivity index (χ2v) is 6.47. The van der Waals surface area contributed by atoms with Gasteiger partial charge in [-0.3, -0.25) is 0 Å². The van der Waals surface area contributed by atoms with Gasteiger partial charge in [-0.15, -0.1) is 0 Å². The zero-order valence-corrected chi connectivity index (χ0v) is 11.7. The maximum Gasteiger partial charge on any atom is 0.243 e. The van der Waals surface area contributed by atoms with Crippen LogP contribution in [0.1, 0.15) is 24.8 Å². The van der Waals surface area contributed by atoms with Gasteiger partial charge in [0.1, 0.15) is 17.3 Å². The summed E-state index contributed by atoms with van der Waals surface area (Å²) >= 11 is 0. The van der Waals surface area contributed by atoms with E-state index in [1.165, 1.54) is 12.1 Å². The van der Waals surface area contributed by atoms with Crippen molar-refractivity contribution >= 4 is 10.0 Å². The van der Waals surface area contributed by atoms with Gasteiger partial charge in [-0.05, 0) is 30.5 Å². The average Bonchev–Trinajstić information content (AvgIpc) is 3.20. The van der Waals surface area contributed by atoms with Crippen molar-refractivity contribution in [3.8, 4) is 11.8 Å². The largest absolute Gasteiger partial charge is 0.384 e. The molecule has 1 aliphatic carbocycles. The van der Waals surface area contributed by atoms with Gasteiger partial charge >= 0.3 is 0 Å². The number of aliphatic hydroxyl groups excluding tert-OH is 1. The Morgan fingerprint density at radius 1 is 1.40 bits per heavy atom. The number of aliphatic hydroxyl groups is 1. The van der Waals surface area contributed by atoms with Crippen LogP contribution in [0.15, 0.2) is 23.1 Å². The van der Waals surface area contributed by atoms with Gasteiger partial charge in [-0.25, -0.2) is 17.5 Å². The first-order valence-electron chi connectivity index (χ1n) is 6.42. The summed E-state index contributed by atoms with van der Waals surface area (Å²) in [6.45, 7) is 0.00288. The zero-order chi connectivity index (χ0) is 14.6. The van der Waals surface area contributed by atoms with Crippen LogP contribution in [-0.4, -0.2) is 26.7 Å². The zero-order valence-electron chi connectivity index (χ0n) is 10.9. The summed E-state index contributed by atoms with van der Waals surface area (Å²) in [7, 11) is -3.82. The van der Waals surface area contributed by atoms with E-state index in [1.807, 2.05) is 0 Å². The second kappa shape index (κ2) is 6.35. The third kappa shape index (κ3) is 4.04. The molecule has 1 aromatic carbocycles. The predicted octanol–water partition coefficient (Wildman–Crippen LogP) is 1.25. The van der Waals surface area contributed by atoms with Crippen LogP contribution in [0, 0.1) is 23.6 Å². The Morgan fingerprint density at radius 3 is 2.75 bits per heavy atom. The molecular formula is C14H16FNO3S. The topological polar surface area (TPSA) is 66.4 Å². The van der Waals surface area contributed by atoms with Crippen molar-refractivity contribution in [1.82, 2.24) is 4.72 Å². The third-order valence-electron chi connectivity index (χ3n) is 3.07. The summed E-state index contributed by atoms with van der Waals surface area (Å²) < 4.78 is 40.1. The van der Waals surface area contributed by atoms with Crippen LogP contribution in [-0.2, 0) is 10.0 Å². The van der Waals surface area contributed by atoms with E-state index in [0.717, 1.165) is 25.3 Å². The summed E-state index contributed by atoms with van der Waals surface area (Å²) in [6, 6.07) is 3.66. The van der Waals surface area contributed by atoms with E-state index in [2.05, 4.69) is 16.6 Å². The molecule has 0 radical (unpaired) electrons. The molecule has 4 nitrogen and oxygen atoms in total. The molecule has 1 saturated carbocycles. The molecule has 0 unspecified atom stereocenters. The Hall–Kier alpha value is -1.42. The van der Waals surface area contributed by atoms with Crippen LogP contribution in [0.25, 0.3) is 0 Å². The van der Waals surface area contributed by atoms with Gasteiger partial charge in [0.05, 0.1) is 0 Å². The minimum absolute atomic E-state index is 0.327. The van der Waals surface area contributed by atoms with Gasteiger partial charge in [0.15, 0.2) is 0 Å². The predicted molar refractivity (Wildman–Crippen MR) is 72.9 cm³/mol. The van der Waals surface area contributed by atoms with Crippen molar-refractivity contribution < 1.29 is 17.9 Å². The molecule has 20 heavy (non-hydrogen) atoms. The lowest BCUT2D eigenvalue weighted by Crippen LogP contribution is -2.26. The van der Waals surface area contributed by atoms with Crippen LogP contribution >= 0.6 is 0 Å². The first-order valence-corrected chi connectivity index (χ1v) is 7.90. The Morgan fingerprint density at radius 2 is 2.15 bits per heavy atom. The number of halogens is 1. The standard InChI is InChI=1S/C14H16FNO3S/c15-13-10-12(2-1-9-17)5-6-14(13)20(18,19)16-8-7-11-3-4-11/h5-6,10-11,16-17H,3-4,7-9H2. The van der Waals surface area contributed by atoms with E-state index in [1.54, 1.807) is 0 Å². The van der Waals surface area contributed by atoms with Gasteiger partial charge in [-0.2, -0.15) is 0 Å². The lowest BCUT2D eigenvalue weighted by atomic mass is 10.2. The minimum Gasteiger partial charge on any atom is -0.384 e. The molecule has 0 amide bonds. The molecule has 0 heterocycles. The molecular weight excluding hydrogens is 281 g/mol. The third-order valence-corrected chi connectivity index (χ3v) is 4.57. The number of sulfonamides is 1. The van der Waals surface area contributed by atoms with Crippen LogP contribution in [0.4, 0.5) is 4.39 Å². The van der Waals surface area contributed by atoms with E-state index < -0.39 is 15.8 Å². The Kier molecular flexibility index (Phi) is 4.76. The van der Waals surface area contributed by atoms with Crippen molar-refractivity contribution in [2.75, 3.05) is 13.2 Å². The molecule has 1 aromatic rings. The normalized spacial score (nSPS) is 14.7. The maximum absolute atomic E-state index is 13.8. The quantitative estimate of drug-likeness (QED) is 0.804. The molecule has 0 saturated heterocycles. The van der Waals surface area contributed by atoms with Crippen molar-refractivity contribution in [3.05, 3.63) is 29.6 Å². The summed E-state index contributed by atoms with van der Waals surface area (Å²) in [5.74, 6) is 4.67. The highest BCUT2D eigenvalue weighted by Gasteiger charge is 2.23. The van der Waals surface area contributed by atoms with E-state index in [9.17, 15) is 12.8 Å². The van der Waals surface area contributed by atoms with Crippen molar-refractivity contribution in [2.45, 2.75) is 24.2 Å². The van der Waals surface area contributed by atoms with Gasteiger partial charge in [0.25, 0.3) is 0 Å². The Labute approximate surface area is 118 Å². The van der Waals surface area contributed by atoms with Crippen molar-refractivity contribution in [1.29, 1.82) is 0 Å². The monoisotopic (exact) mass is 297 g/mol. The molecule has 6 heteroatoms. The van der Waals surface area contributed by atoms with Gasteiger partial charge in [-0.1, -0.05) is 24.7 Å². The fourth-order valence-electron chi connectivity index (χ4n) is 1.82. The lowest BCUT2D eigenvalue weighted by molar-refractivity contribution is 0.350. The highest BCUT2D eigenvalue weighted by molar-refractivity contribution is 7.89. The lowest BCUT2D eigenvalue weighted by Gasteiger charge is -2.07. The van der Waals surface area contributed by atoms with Gasteiger partial charge < -0.3 is 5.11 Å². The molecule has 0 atom stereocenters. The van der Waals surface area contributed by atoms with E-state index in [4.69, 9.17) is 5.11 Å². The molecule has 1 aliphatic rings. The highest BCUT2D eigenvalue weighted by Crippen LogP contribution is 2.31. The Bertz CT molecular complexity index is 642. The Balaban J connectivity index is 2.09. The van der Waals surface area contributed by atoms with Crippen LogP contribution < -0.4 is 4.72 Å². The summed E-state index contributed by atoms with van der Waals surface area (Å²) in [5, 5.41) is 8.55. The summed E-state index contributed by atoms with van der Waals surface area (Å²) in [6.07, 6.45) is 3.09. The fraction of sp³-hybridized carbons (Fsp3) is 0.429. The van der Waals surface area contributed by atoms with Crippen LogP contribution in [0.5, 0.6) is 0 Å². The summed E-state index contributed by atoms with van der Waals surface area (Å²) in [4.78, 5) is -0.372. The minimum atomic E-state index is -3.82. The van der Waals surface area contributed by atoms with Crippen LogP contribution in [0.2, 0.25) is 0 Å². The van der Waals surface area contributed by atoms with Crippen molar-refractivity contribution in [2.24, 2.45) is 5.92 Å². The van der Waals surface area contributed by atoms with E-state index in [-0.39, 0.29) is 11.5 Å². The SMILES string of the molecule is O=S(=O)(NCCC1CC1)c1ccc(C#CCO)cc1F. The second-order valence-electron chi connectivity index (χ2n) is 4.73. The highest BCUT2D eigenvalue weighted by atomic mass is 32.2. The molecule has 0 aromatic heterocycles. The average molecular weight is 297 g/mol. The first-order chi connectivity index (χ1) is 9.53. The fourth-order valence-corrected chi connectivity index (χ4v) is 2.92. The van der Waals surface area contributed by atoms with Crippen molar-refractivity contribution in [3.63, 3.8) is 0 Å². The molecule has 108 valence electrons. The molecule has 0 spiro atoms. The maximum atomic E-state index is 13.8. The van der Waals surface area contributed by atoms with E-state index >= 15 is 0 Å². The number of hydrogen-bond acceptors (Lipinski definition) is 3. The van der Waals surface area contributed by atoms with Gasteiger partial charge in [0, 0.05) is 12.1 Å². The first kappa shape index (κ1) is 15.0. The molecule has 2 N–H and O–H groups in total. The summed E-state index contributed by atoms with van der Waals surface area (Å²) in [5.41, 5.74) is 0.327. The molecule has 1 fully saturated rings. The van der Waals surface area contributed by atoms with E-state index in [0.29, 0.717) is 18.0 Å². The molecule has 0 bridgehead atoms. The van der Waals surface area contributed by atoms with Crippen LogP contribution in [0.3, 0.4) is 0 Å². The number of hydrogen-bond donors (Lipinski definition) is 2. The number of benzene rings is 1.